The fourth-order valence-corrected chi connectivity index (χ4v) is 1.89. The minimum absolute atomic E-state index is 0.000596. The third-order valence-corrected chi connectivity index (χ3v) is 2.94. The average molecular weight is 354 g/mol. The van der Waals surface area contributed by atoms with Crippen LogP contribution in [0.4, 0.5) is 19.0 Å². The topological polar surface area (TPSA) is 54.0 Å². The van der Waals surface area contributed by atoms with Gasteiger partial charge < -0.3 is 10.6 Å². The lowest BCUT2D eigenvalue weighted by molar-refractivity contribution is -0.135. The molecule has 0 aromatic carbocycles. The smallest absolute Gasteiger partial charge is 0.372 e. The molecule has 1 amide bonds. The molecule has 0 atom stereocenters. The van der Waals surface area contributed by atoms with E-state index in [1.54, 1.807) is 19.3 Å². The quantitative estimate of drug-likeness (QED) is 0.771. The third-order valence-electron chi connectivity index (χ3n) is 2.51. The van der Waals surface area contributed by atoms with E-state index in [-0.39, 0.29) is 25.3 Å². The van der Waals surface area contributed by atoms with Crippen molar-refractivity contribution in [2.75, 3.05) is 18.9 Å². The molecule has 0 aliphatic carbocycles. The van der Waals surface area contributed by atoms with E-state index in [9.17, 15) is 18.0 Å². The van der Waals surface area contributed by atoms with Crippen LogP contribution in [0, 0.1) is 0 Å². The fraction of sp³-hybridized carbons (Fsp3) is 0.500. The SMILES string of the molecule is CNc1ncc(Br)cc1C(=O)NCCCCC(F)(F)F. The van der Waals surface area contributed by atoms with E-state index < -0.39 is 12.6 Å². The lowest BCUT2D eigenvalue weighted by atomic mass is 10.2. The highest BCUT2D eigenvalue weighted by molar-refractivity contribution is 9.10. The Morgan fingerprint density at radius 1 is 1.40 bits per heavy atom. The van der Waals surface area contributed by atoms with Crippen LogP contribution in [0.25, 0.3) is 0 Å². The number of rotatable bonds is 6. The van der Waals surface area contributed by atoms with Crippen molar-refractivity contribution in [2.45, 2.75) is 25.4 Å². The Morgan fingerprint density at radius 2 is 2.10 bits per heavy atom. The molecule has 1 heterocycles. The predicted molar refractivity (Wildman–Crippen MR) is 73.7 cm³/mol. The molecule has 0 unspecified atom stereocenters. The maximum absolute atomic E-state index is 11.9. The van der Waals surface area contributed by atoms with Gasteiger partial charge in [-0.05, 0) is 34.8 Å². The van der Waals surface area contributed by atoms with Gasteiger partial charge in [0.05, 0.1) is 5.56 Å². The molecule has 1 aromatic heterocycles. The highest BCUT2D eigenvalue weighted by atomic mass is 79.9. The van der Waals surface area contributed by atoms with E-state index in [0.29, 0.717) is 15.9 Å². The first kappa shape index (κ1) is 16.7. The van der Waals surface area contributed by atoms with E-state index in [1.807, 2.05) is 0 Å². The molecule has 0 saturated heterocycles. The van der Waals surface area contributed by atoms with Gasteiger partial charge >= 0.3 is 6.18 Å². The standard InChI is InChI=1S/C12H15BrF3N3O/c1-17-10-9(6-8(13)7-19-10)11(20)18-5-3-2-4-12(14,15)16/h6-7H,2-5H2,1H3,(H,17,19)(H,18,20). The second kappa shape index (κ2) is 7.47. The van der Waals surface area contributed by atoms with Crippen molar-refractivity contribution < 1.29 is 18.0 Å². The molecule has 0 aliphatic rings. The number of hydrogen-bond donors (Lipinski definition) is 2. The number of carbonyl (C=O) groups excluding carboxylic acids is 1. The highest BCUT2D eigenvalue weighted by Gasteiger charge is 2.25. The van der Waals surface area contributed by atoms with Gasteiger partial charge in [0.1, 0.15) is 5.82 Å². The number of alkyl halides is 3. The van der Waals surface area contributed by atoms with Gasteiger partial charge in [-0.15, -0.1) is 0 Å². The number of amides is 1. The lowest BCUT2D eigenvalue weighted by Crippen LogP contribution is -2.25. The zero-order chi connectivity index (χ0) is 15.2. The molecule has 4 nitrogen and oxygen atoms in total. The van der Waals surface area contributed by atoms with Crippen LogP contribution in [0.3, 0.4) is 0 Å². The number of anilines is 1. The summed E-state index contributed by atoms with van der Waals surface area (Å²) in [5, 5.41) is 5.36. The van der Waals surface area contributed by atoms with E-state index in [4.69, 9.17) is 0 Å². The lowest BCUT2D eigenvalue weighted by Gasteiger charge is -2.10. The van der Waals surface area contributed by atoms with Gasteiger partial charge in [-0.1, -0.05) is 0 Å². The maximum Gasteiger partial charge on any atom is 0.389 e. The van der Waals surface area contributed by atoms with E-state index in [2.05, 4.69) is 31.5 Å². The molecule has 1 rings (SSSR count). The molecule has 0 saturated carbocycles. The van der Waals surface area contributed by atoms with Crippen molar-refractivity contribution in [1.82, 2.24) is 10.3 Å². The van der Waals surface area contributed by atoms with Crippen LogP contribution in [0.2, 0.25) is 0 Å². The molecule has 0 radical (unpaired) electrons. The Kier molecular flexibility index (Phi) is 6.25. The number of nitrogens with one attached hydrogen (secondary N) is 2. The highest BCUT2D eigenvalue weighted by Crippen LogP contribution is 2.22. The van der Waals surface area contributed by atoms with Gasteiger partial charge in [-0.25, -0.2) is 4.98 Å². The van der Waals surface area contributed by atoms with Gasteiger partial charge in [0, 0.05) is 30.7 Å². The van der Waals surface area contributed by atoms with Gasteiger partial charge in [-0.2, -0.15) is 13.2 Å². The van der Waals surface area contributed by atoms with Crippen molar-refractivity contribution in [2.24, 2.45) is 0 Å². The van der Waals surface area contributed by atoms with Gasteiger partial charge in [0.25, 0.3) is 5.91 Å². The number of halogens is 4. The first-order valence-electron chi connectivity index (χ1n) is 6.01. The van der Waals surface area contributed by atoms with Gasteiger partial charge in [-0.3, -0.25) is 4.79 Å². The van der Waals surface area contributed by atoms with Crippen LogP contribution < -0.4 is 10.6 Å². The second-order valence-corrected chi connectivity index (χ2v) is 5.04. The summed E-state index contributed by atoms with van der Waals surface area (Å²) in [5.74, 6) is 0.0520. The average Bonchev–Trinajstić information content (AvgIpc) is 2.36. The molecule has 112 valence electrons. The van der Waals surface area contributed by atoms with Gasteiger partial charge in [0.15, 0.2) is 0 Å². The summed E-state index contributed by atoms with van der Waals surface area (Å²) < 4.78 is 36.5. The Hall–Kier alpha value is -1.31. The van der Waals surface area contributed by atoms with E-state index in [1.165, 1.54) is 0 Å². The number of nitrogens with zero attached hydrogens (tertiary/aromatic N) is 1. The van der Waals surface area contributed by atoms with Crippen molar-refractivity contribution in [1.29, 1.82) is 0 Å². The van der Waals surface area contributed by atoms with Crippen molar-refractivity contribution in [3.63, 3.8) is 0 Å². The largest absolute Gasteiger partial charge is 0.389 e. The molecule has 8 heteroatoms. The van der Waals surface area contributed by atoms with Crippen LogP contribution in [0.15, 0.2) is 16.7 Å². The fourth-order valence-electron chi connectivity index (χ4n) is 1.56. The van der Waals surface area contributed by atoms with Crippen LogP contribution >= 0.6 is 15.9 Å². The summed E-state index contributed by atoms with van der Waals surface area (Å²) in [6.07, 6.45) is -3.15. The Labute approximate surface area is 123 Å². The number of unbranched alkanes of at least 4 members (excludes halogenated alkanes) is 1. The summed E-state index contributed by atoms with van der Waals surface area (Å²) in [5.41, 5.74) is 0.345. The number of carbonyl (C=O) groups is 1. The Bertz CT molecular complexity index is 466. The molecule has 20 heavy (non-hydrogen) atoms. The molecule has 0 spiro atoms. The maximum atomic E-state index is 11.9. The van der Waals surface area contributed by atoms with Gasteiger partial charge in [0.2, 0.25) is 0 Å². The number of aromatic nitrogens is 1. The van der Waals surface area contributed by atoms with Crippen molar-refractivity contribution in [3.05, 3.63) is 22.3 Å². The summed E-state index contributed by atoms with van der Waals surface area (Å²) >= 11 is 3.21. The minimum atomic E-state index is -4.14. The molecule has 2 N–H and O–H groups in total. The molecule has 0 aliphatic heterocycles. The first-order valence-corrected chi connectivity index (χ1v) is 6.81. The monoisotopic (exact) mass is 353 g/mol. The van der Waals surface area contributed by atoms with Crippen LogP contribution in [0.5, 0.6) is 0 Å². The summed E-state index contributed by atoms with van der Waals surface area (Å²) in [7, 11) is 1.64. The summed E-state index contributed by atoms with van der Waals surface area (Å²) in [6, 6.07) is 1.60. The van der Waals surface area contributed by atoms with Crippen LogP contribution in [-0.4, -0.2) is 30.7 Å². The third kappa shape index (κ3) is 5.77. The Balaban J connectivity index is 2.45. The van der Waals surface area contributed by atoms with Crippen LogP contribution in [0.1, 0.15) is 29.6 Å². The van der Waals surface area contributed by atoms with E-state index >= 15 is 0 Å². The number of hydrogen-bond acceptors (Lipinski definition) is 3. The zero-order valence-corrected chi connectivity index (χ0v) is 12.4. The van der Waals surface area contributed by atoms with Crippen molar-refractivity contribution >= 4 is 27.7 Å². The molecule has 0 bridgehead atoms. The normalized spacial score (nSPS) is 11.2. The zero-order valence-electron chi connectivity index (χ0n) is 10.9. The summed E-state index contributed by atoms with van der Waals surface area (Å²) in [6.45, 7) is 0.199. The van der Waals surface area contributed by atoms with Crippen molar-refractivity contribution in [3.8, 4) is 0 Å². The molecule has 1 aromatic rings. The second-order valence-electron chi connectivity index (χ2n) is 4.13. The molecular weight excluding hydrogens is 339 g/mol. The number of pyridine rings is 1. The molecule has 0 fully saturated rings. The minimum Gasteiger partial charge on any atom is -0.372 e. The van der Waals surface area contributed by atoms with E-state index in [0.717, 1.165) is 0 Å². The van der Waals surface area contributed by atoms with Crippen LogP contribution in [-0.2, 0) is 0 Å². The summed E-state index contributed by atoms with van der Waals surface area (Å²) in [4.78, 5) is 15.9. The predicted octanol–water partition coefficient (Wildman–Crippen LogP) is 3.35. The first-order chi connectivity index (χ1) is 9.33. The molecular formula is C12H15BrF3N3O. The Morgan fingerprint density at radius 3 is 2.70 bits per heavy atom.